The van der Waals surface area contributed by atoms with E-state index in [1.807, 2.05) is 0 Å². The molecule has 1 amide bonds. The van der Waals surface area contributed by atoms with E-state index in [-0.39, 0.29) is 18.2 Å². The molecule has 0 spiro atoms. The molecule has 1 saturated heterocycles. The van der Waals surface area contributed by atoms with E-state index in [1.165, 1.54) is 12.1 Å². The van der Waals surface area contributed by atoms with Gasteiger partial charge in [0.1, 0.15) is 11.7 Å². The zero-order valence-electron chi connectivity index (χ0n) is 9.02. The number of carboxylic acid groups (broad SMARTS) is 1. The molecule has 0 aliphatic carbocycles. The number of carbonyl (C=O) groups is 2. The summed E-state index contributed by atoms with van der Waals surface area (Å²) in [7, 11) is 0. The first-order valence-corrected chi connectivity index (χ1v) is 5.34. The molecule has 1 aromatic carbocycles. The highest BCUT2D eigenvalue weighted by Gasteiger charge is 2.34. The standard InChI is InChI=1S/C12H12FNO3/c13-9-3-1-7(2-4-9)8-5-10(12(16)17)11(15)14-6-8/h1-4,8,10H,5-6H2,(H,14,15)(H,16,17). The Kier molecular flexibility index (Phi) is 3.08. The van der Waals surface area contributed by atoms with Crippen molar-refractivity contribution in [3.63, 3.8) is 0 Å². The summed E-state index contributed by atoms with van der Waals surface area (Å²) < 4.78 is 12.8. The molecule has 1 aromatic rings. The Labute approximate surface area is 97.4 Å². The Balaban J connectivity index is 2.15. The van der Waals surface area contributed by atoms with Gasteiger partial charge in [0.25, 0.3) is 0 Å². The van der Waals surface area contributed by atoms with E-state index in [9.17, 15) is 14.0 Å². The van der Waals surface area contributed by atoms with Crippen molar-refractivity contribution in [1.82, 2.24) is 5.32 Å². The van der Waals surface area contributed by atoms with Crippen molar-refractivity contribution in [2.24, 2.45) is 5.92 Å². The van der Waals surface area contributed by atoms with E-state index in [0.29, 0.717) is 6.54 Å². The second-order valence-corrected chi connectivity index (χ2v) is 4.12. The Morgan fingerprint density at radius 2 is 2.00 bits per heavy atom. The average Bonchev–Trinajstić information content (AvgIpc) is 2.30. The molecule has 1 fully saturated rings. The molecule has 90 valence electrons. The van der Waals surface area contributed by atoms with E-state index >= 15 is 0 Å². The summed E-state index contributed by atoms with van der Waals surface area (Å²) >= 11 is 0. The first-order valence-electron chi connectivity index (χ1n) is 5.34. The molecule has 0 saturated carbocycles. The van der Waals surface area contributed by atoms with Gasteiger partial charge in [0.2, 0.25) is 5.91 Å². The molecule has 0 aromatic heterocycles. The van der Waals surface area contributed by atoms with Crippen LogP contribution in [0.15, 0.2) is 24.3 Å². The third kappa shape index (κ3) is 2.43. The lowest BCUT2D eigenvalue weighted by Crippen LogP contribution is -2.43. The first kappa shape index (κ1) is 11.6. The predicted molar refractivity (Wildman–Crippen MR) is 57.9 cm³/mol. The molecular formula is C12H12FNO3. The van der Waals surface area contributed by atoms with Gasteiger partial charge < -0.3 is 10.4 Å². The van der Waals surface area contributed by atoms with Crippen molar-refractivity contribution in [3.8, 4) is 0 Å². The lowest BCUT2D eigenvalue weighted by Gasteiger charge is -2.27. The van der Waals surface area contributed by atoms with Gasteiger partial charge in [-0.3, -0.25) is 9.59 Å². The highest BCUT2D eigenvalue weighted by Crippen LogP contribution is 2.27. The topological polar surface area (TPSA) is 66.4 Å². The fourth-order valence-corrected chi connectivity index (χ4v) is 2.02. The maximum absolute atomic E-state index is 12.8. The number of halogens is 1. The van der Waals surface area contributed by atoms with Crippen LogP contribution in [0.3, 0.4) is 0 Å². The first-order chi connectivity index (χ1) is 8.08. The molecule has 1 aliphatic heterocycles. The quantitative estimate of drug-likeness (QED) is 0.758. The lowest BCUT2D eigenvalue weighted by molar-refractivity contribution is -0.148. The Hall–Kier alpha value is -1.91. The maximum Gasteiger partial charge on any atom is 0.316 e. The van der Waals surface area contributed by atoms with Crippen LogP contribution in [0.4, 0.5) is 4.39 Å². The van der Waals surface area contributed by atoms with Crippen LogP contribution < -0.4 is 5.32 Å². The summed E-state index contributed by atoms with van der Waals surface area (Å²) in [4.78, 5) is 22.2. The third-order valence-electron chi connectivity index (χ3n) is 3.00. The van der Waals surface area contributed by atoms with Gasteiger partial charge in [-0.2, -0.15) is 0 Å². The molecule has 1 heterocycles. The molecule has 2 atom stereocenters. The van der Waals surface area contributed by atoms with Crippen molar-refractivity contribution < 1.29 is 19.1 Å². The Bertz CT molecular complexity index is 444. The van der Waals surface area contributed by atoms with E-state index in [4.69, 9.17) is 5.11 Å². The van der Waals surface area contributed by atoms with Gasteiger partial charge in [-0.15, -0.1) is 0 Å². The van der Waals surface area contributed by atoms with Crippen molar-refractivity contribution in [2.45, 2.75) is 12.3 Å². The van der Waals surface area contributed by atoms with E-state index in [1.54, 1.807) is 12.1 Å². The number of carboxylic acids is 1. The number of nitrogens with one attached hydrogen (secondary N) is 1. The van der Waals surface area contributed by atoms with Gasteiger partial charge in [0.05, 0.1) is 0 Å². The monoisotopic (exact) mass is 237 g/mol. The summed E-state index contributed by atoms with van der Waals surface area (Å²) in [5.41, 5.74) is 0.845. The summed E-state index contributed by atoms with van der Waals surface area (Å²) in [5, 5.41) is 11.5. The minimum atomic E-state index is -1.12. The number of rotatable bonds is 2. The molecule has 2 unspecified atom stereocenters. The summed E-state index contributed by atoms with van der Waals surface area (Å²) in [6.45, 7) is 0.397. The Morgan fingerprint density at radius 3 is 2.59 bits per heavy atom. The number of carbonyl (C=O) groups excluding carboxylic acids is 1. The smallest absolute Gasteiger partial charge is 0.316 e. The van der Waals surface area contributed by atoms with E-state index in [2.05, 4.69) is 5.32 Å². The third-order valence-corrected chi connectivity index (χ3v) is 3.00. The molecular weight excluding hydrogens is 225 g/mol. The Morgan fingerprint density at radius 1 is 1.35 bits per heavy atom. The van der Waals surface area contributed by atoms with Gasteiger partial charge >= 0.3 is 5.97 Å². The molecule has 2 rings (SSSR count). The van der Waals surface area contributed by atoms with Gasteiger partial charge in [0.15, 0.2) is 0 Å². The van der Waals surface area contributed by atoms with Crippen LogP contribution in [0.2, 0.25) is 0 Å². The molecule has 17 heavy (non-hydrogen) atoms. The van der Waals surface area contributed by atoms with Gasteiger partial charge in [0, 0.05) is 12.5 Å². The fraction of sp³-hybridized carbons (Fsp3) is 0.333. The number of piperidine rings is 1. The molecule has 5 heteroatoms. The number of amides is 1. The van der Waals surface area contributed by atoms with Crippen LogP contribution in [0.1, 0.15) is 17.9 Å². The maximum atomic E-state index is 12.8. The van der Waals surface area contributed by atoms with Gasteiger partial charge in [-0.25, -0.2) is 4.39 Å². The van der Waals surface area contributed by atoms with Crippen LogP contribution >= 0.6 is 0 Å². The molecule has 0 bridgehead atoms. The molecule has 4 nitrogen and oxygen atoms in total. The SMILES string of the molecule is O=C(O)C1CC(c2ccc(F)cc2)CNC1=O. The summed E-state index contributed by atoms with van der Waals surface area (Å²) in [5.74, 6) is -2.98. The van der Waals surface area contributed by atoms with E-state index in [0.717, 1.165) is 5.56 Å². The lowest BCUT2D eigenvalue weighted by atomic mass is 9.85. The summed E-state index contributed by atoms with van der Waals surface area (Å²) in [6.07, 6.45) is 0.257. The van der Waals surface area contributed by atoms with Crippen molar-refractivity contribution >= 4 is 11.9 Å². The predicted octanol–water partition coefficient (Wildman–Crippen LogP) is 1.13. The fourth-order valence-electron chi connectivity index (χ4n) is 2.02. The minimum absolute atomic E-state index is 0.0746. The molecule has 1 aliphatic rings. The zero-order chi connectivity index (χ0) is 12.4. The van der Waals surface area contributed by atoms with Crippen LogP contribution in [-0.4, -0.2) is 23.5 Å². The number of hydrogen-bond acceptors (Lipinski definition) is 2. The number of benzene rings is 1. The number of hydrogen-bond donors (Lipinski definition) is 2. The second-order valence-electron chi connectivity index (χ2n) is 4.12. The van der Waals surface area contributed by atoms with Crippen molar-refractivity contribution in [3.05, 3.63) is 35.6 Å². The summed E-state index contributed by atoms with van der Waals surface area (Å²) in [6, 6.07) is 5.91. The van der Waals surface area contributed by atoms with Crippen molar-refractivity contribution in [1.29, 1.82) is 0 Å². The average molecular weight is 237 g/mol. The highest BCUT2D eigenvalue weighted by molar-refractivity contribution is 5.97. The normalized spacial score (nSPS) is 24.2. The van der Waals surface area contributed by atoms with Crippen molar-refractivity contribution in [2.75, 3.05) is 6.54 Å². The van der Waals surface area contributed by atoms with Crippen LogP contribution in [0, 0.1) is 11.7 Å². The van der Waals surface area contributed by atoms with Gasteiger partial charge in [-0.1, -0.05) is 12.1 Å². The van der Waals surface area contributed by atoms with Gasteiger partial charge in [-0.05, 0) is 24.1 Å². The second kappa shape index (κ2) is 4.53. The zero-order valence-corrected chi connectivity index (χ0v) is 9.02. The van der Waals surface area contributed by atoms with Crippen LogP contribution in [-0.2, 0) is 9.59 Å². The molecule has 0 radical (unpaired) electrons. The largest absolute Gasteiger partial charge is 0.481 e. The van der Waals surface area contributed by atoms with Crippen LogP contribution in [0.25, 0.3) is 0 Å². The molecule has 2 N–H and O–H groups in total. The van der Waals surface area contributed by atoms with Crippen LogP contribution in [0.5, 0.6) is 0 Å². The minimum Gasteiger partial charge on any atom is -0.481 e. The van der Waals surface area contributed by atoms with E-state index < -0.39 is 17.8 Å². The number of aliphatic carboxylic acids is 1. The highest BCUT2D eigenvalue weighted by atomic mass is 19.1.